The molecule has 2 nitrogen and oxygen atoms in total. The van der Waals surface area contributed by atoms with Crippen molar-refractivity contribution in [3.05, 3.63) is 58.7 Å². The van der Waals surface area contributed by atoms with Gasteiger partial charge in [-0.15, -0.1) is 0 Å². The van der Waals surface area contributed by atoms with E-state index in [4.69, 9.17) is 0 Å². The largest absolute Gasteiger partial charge is 0.192 e. The van der Waals surface area contributed by atoms with Gasteiger partial charge in [-0.05, 0) is 110 Å². The van der Waals surface area contributed by atoms with E-state index in [0.717, 1.165) is 35.4 Å². The molecule has 4 saturated carbocycles. The Balaban J connectivity index is 1.28. The van der Waals surface area contributed by atoms with Crippen LogP contribution in [0.15, 0.2) is 36.4 Å². The number of hydrogen-bond donors (Lipinski definition) is 0. The summed E-state index contributed by atoms with van der Waals surface area (Å²) in [4.78, 5) is 0. The van der Waals surface area contributed by atoms with E-state index in [0.29, 0.717) is 27.9 Å². The molecule has 2 bridgehead atoms. The lowest BCUT2D eigenvalue weighted by Gasteiger charge is -2.54. The molecular formula is C38H50N2. The zero-order chi connectivity index (χ0) is 28.0. The maximum absolute atomic E-state index is 10.2. The summed E-state index contributed by atoms with van der Waals surface area (Å²) in [6, 6.07) is 18.3. The molecule has 0 heterocycles. The van der Waals surface area contributed by atoms with Gasteiger partial charge in [0.05, 0.1) is 11.1 Å². The number of benzene rings is 2. The third-order valence-electron chi connectivity index (χ3n) is 11.5. The highest BCUT2D eigenvalue weighted by atomic mass is 14.5. The Morgan fingerprint density at radius 3 is 1.95 bits per heavy atom. The van der Waals surface area contributed by atoms with Gasteiger partial charge in [-0.2, -0.15) is 10.5 Å². The lowest BCUT2D eigenvalue weighted by atomic mass is 9.51. The molecule has 2 heteroatoms. The summed E-state index contributed by atoms with van der Waals surface area (Å²) >= 11 is 0. The number of hydrogen-bond acceptors (Lipinski definition) is 2. The van der Waals surface area contributed by atoms with Gasteiger partial charge in [-0.3, -0.25) is 0 Å². The van der Waals surface area contributed by atoms with Crippen LogP contribution in [-0.4, -0.2) is 0 Å². The number of nitrogens with zero attached hydrogens (tertiary/aromatic N) is 2. The van der Waals surface area contributed by atoms with E-state index in [9.17, 15) is 10.5 Å². The first-order valence-corrected chi connectivity index (χ1v) is 16.6. The van der Waals surface area contributed by atoms with E-state index in [-0.39, 0.29) is 0 Å². The molecule has 0 amide bonds. The van der Waals surface area contributed by atoms with Gasteiger partial charge in [0.1, 0.15) is 12.1 Å². The summed E-state index contributed by atoms with van der Waals surface area (Å²) in [7, 11) is 0. The summed E-state index contributed by atoms with van der Waals surface area (Å²) in [6.45, 7) is 4.57. The molecule has 0 spiro atoms. The van der Waals surface area contributed by atoms with Crippen LogP contribution in [0.5, 0.6) is 0 Å². The lowest BCUT2D eigenvalue weighted by molar-refractivity contribution is 0.0304. The average molecular weight is 535 g/mol. The van der Waals surface area contributed by atoms with Gasteiger partial charge in [0.2, 0.25) is 0 Å². The zero-order valence-electron chi connectivity index (χ0n) is 25.2. The van der Waals surface area contributed by atoms with Crippen molar-refractivity contribution >= 4 is 0 Å². The van der Waals surface area contributed by atoms with Gasteiger partial charge in [-0.1, -0.05) is 95.2 Å². The normalized spacial score (nSPS) is 27.7. The molecule has 0 aliphatic heterocycles. The molecule has 0 N–H and O–H groups in total. The Hall–Kier alpha value is -2.58. The second-order valence-electron chi connectivity index (χ2n) is 13.7. The van der Waals surface area contributed by atoms with Gasteiger partial charge in [0.25, 0.3) is 0 Å². The van der Waals surface area contributed by atoms with Gasteiger partial charge in [0.15, 0.2) is 0 Å². The van der Waals surface area contributed by atoms with Crippen LogP contribution in [-0.2, 0) is 5.41 Å². The maximum Gasteiger partial charge on any atom is 0.101 e. The third kappa shape index (κ3) is 5.89. The molecule has 0 radical (unpaired) electrons. The van der Waals surface area contributed by atoms with E-state index in [1.165, 1.54) is 108 Å². The molecular weight excluding hydrogens is 484 g/mol. The molecule has 4 aliphatic carbocycles. The zero-order valence-corrected chi connectivity index (χ0v) is 25.2. The van der Waals surface area contributed by atoms with E-state index in [1.54, 1.807) is 0 Å². The standard InChI is InChI=1S/C38H50N2/c1-3-5-6-7-8-20-37-21-24-38(25-22-37,26-23-37)32-16-14-31(15-17-32)34-19-18-33(35(27-39)36(34)28-40)30-12-10-29(9-4-2)11-13-30/h14-19,29-30H,3-13,20-26H2,1-2H3/t29-,30-,37?,38?. The summed E-state index contributed by atoms with van der Waals surface area (Å²) in [5, 5.41) is 20.4. The summed E-state index contributed by atoms with van der Waals surface area (Å²) in [5.41, 5.74) is 6.74. The van der Waals surface area contributed by atoms with Gasteiger partial charge in [-0.25, -0.2) is 0 Å². The third-order valence-corrected chi connectivity index (χ3v) is 11.5. The minimum absolute atomic E-state index is 0.346. The number of rotatable bonds is 11. The maximum atomic E-state index is 10.2. The van der Waals surface area contributed by atoms with Crippen LogP contribution in [0.4, 0.5) is 0 Å². The second-order valence-corrected chi connectivity index (χ2v) is 13.7. The highest BCUT2D eigenvalue weighted by Gasteiger charge is 2.48. The SMILES string of the molecule is CCCCCCCC12CCC(c3ccc(-c4ccc([C@H]5CC[C@H](CCC)CC5)c(C#N)c4C#N)cc3)(CC1)CC2. The van der Waals surface area contributed by atoms with Crippen molar-refractivity contribution in [2.24, 2.45) is 11.3 Å². The fraction of sp³-hybridized carbons (Fsp3) is 0.632. The van der Waals surface area contributed by atoms with E-state index < -0.39 is 0 Å². The Morgan fingerprint density at radius 1 is 0.700 bits per heavy atom. The van der Waals surface area contributed by atoms with Crippen molar-refractivity contribution in [1.29, 1.82) is 10.5 Å². The molecule has 0 saturated heterocycles. The van der Waals surface area contributed by atoms with Crippen LogP contribution in [0.2, 0.25) is 0 Å². The Kier molecular flexibility index (Phi) is 9.36. The topological polar surface area (TPSA) is 47.6 Å². The molecule has 6 rings (SSSR count). The summed E-state index contributed by atoms with van der Waals surface area (Å²) < 4.78 is 0. The minimum Gasteiger partial charge on any atom is -0.192 e. The minimum atomic E-state index is 0.346. The van der Waals surface area contributed by atoms with Crippen molar-refractivity contribution < 1.29 is 0 Å². The molecule has 40 heavy (non-hydrogen) atoms. The molecule has 2 aromatic rings. The van der Waals surface area contributed by atoms with E-state index in [2.05, 4.69) is 62.4 Å². The summed E-state index contributed by atoms with van der Waals surface area (Å²) in [5.74, 6) is 1.24. The van der Waals surface area contributed by atoms with E-state index >= 15 is 0 Å². The van der Waals surface area contributed by atoms with E-state index in [1.807, 2.05) is 0 Å². The number of nitriles is 2. The van der Waals surface area contributed by atoms with Gasteiger partial charge in [0, 0.05) is 5.56 Å². The highest BCUT2D eigenvalue weighted by molar-refractivity contribution is 5.75. The fourth-order valence-corrected chi connectivity index (χ4v) is 8.78. The number of unbranched alkanes of at least 4 members (excludes halogenated alkanes) is 4. The van der Waals surface area contributed by atoms with Crippen molar-refractivity contribution in [1.82, 2.24) is 0 Å². The lowest BCUT2D eigenvalue weighted by Crippen LogP contribution is -2.44. The first-order valence-electron chi connectivity index (χ1n) is 16.6. The first kappa shape index (κ1) is 28.9. The van der Waals surface area contributed by atoms with Gasteiger partial charge >= 0.3 is 0 Å². The first-order chi connectivity index (χ1) is 19.6. The molecule has 0 unspecified atom stereocenters. The summed E-state index contributed by atoms with van der Waals surface area (Å²) in [6.07, 6.45) is 24.0. The predicted molar refractivity (Wildman–Crippen MR) is 166 cm³/mol. The monoisotopic (exact) mass is 534 g/mol. The average Bonchev–Trinajstić information content (AvgIpc) is 3.01. The quantitative estimate of drug-likeness (QED) is 0.269. The Labute approximate surface area is 244 Å². The molecule has 212 valence electrons. The number of fused-ring (bicyclic) bond motifs is 3. The Bertz CT molecular complexity index is 1190. The molecule has 4 aliphatic rings. The van der Waals surface area contributed by atoms with Gasteiger partial charge < -0.3 is 0 Å². The smallest absolute Gasteiger partial charge is 0.101 e. The van der Waals surface area contributed by atoms with Crippen molar-refractivity contribution in [2.75, 3.05) is 0 Å². The van der Waals surface area contributed by atoms with Crippen molar-refractivity contribution in [3.8, 4) is 23.3 Å². The molecule has 0 atom stereocenters. The van der Waals surface area contributed by atoms with Crippen LogP contribution in [0.25, 0.3) is 11.1 Å². The second kappa shape index (κ2) is 12.9. The predicted octanol–water partition coefficient (Wildman–Crippen LogP) is 11.1. The van der Waals surface area contributed by atoms with Crippen LogP contribution in [0.3, 0.4) is 0 Å². The molecule has 0 aromatic heterocycles. The fourth-order valence-electron chi connectivity index (χ4n) is 8.78. The van der Waals surface area contributed by atoms with Crippen LogP contribution in [0, 0.1) is 34.0 Å². The Morgan fingerprint density at radius 2 is 1.35 bits per heavy atom. The van der Waals surface area contributed by atoms with Crippen LogP contribution < -0.4 is 0 Å². The molecule has 4 fully saturated rings. The van der Waals surface area contributed by atoms with Crippen molar-refractivity contribution in [3.63, 3.8) is 0 Å². The molecule has 2 aromatic carbocycles. The van der Waals surface area contributed by atoms with Crippen LogP contribution >= 0.6 is 0 Å². The van der Waals surface area contributed by atoms with Crippen molar-refractivity contribution in [2.45, 2.75) is 141 Å². The highest BCUT2D eigenvalue weighted by Crippen LogP contribution is 2.59. The van der Waals surface area contributed by atoms with Crippen LogP contribution in [0.1, 0.15) is 158 Å².